The van der Waals surface area contributed by atoms with Gasteiger partial charge in [-0.25, -0.2) is 16.8 Å². The third kappa shape index (κ3) is 4.93. The number of nitrogens with zero attached hydrogens (tertiary/aromatic N) is 1. The Bertz CT molecular complexity index is 685. The van der Waals surface area contributed by atoms with E-state index in [1.54, 1.807) is 0 Å². The van der Waals surface area contributed by atoms with Gasteiger partial charge in [-0.1, -0.05) is 12.1 Å². The molecule has 0 aliphatic rings. The summed E-state index contributed by atoms with van der Waals surface area (Å²) in [7, 11) is -1.47. The molecule has 1 aromatic carbocycles. The highest BCUT2D eigenvalue weighted by Crippen LogP contribution is 2.25. The second-order valence-electron chi connectivity index (χ2n) is 4.63. The molecule has 0 amide bonds. The first kappa shape index (κ1) is 18.4. The van der Waals surface area contributed by atoms with Gasteiger partial charge in [0.05, 0.1) is 12.7 Å². The fourth-order valence-corrected chi connectivity index (χ4v) is 4.53. The number of hydrogen-bond acceptors (Lipinski definition) is 5. The molecular formula is C12H18ClNO5S2. The van der Waals surface area contributed by atoms with E-state index in [9.17, 15) is 16.8 Å². The quantitative estimate of drug-likeness (QED) is 0.695. The van der Waals surface area contributed by atoms with Crippen molar-refractivity contribution in [2.75, 3.05) is 20.2 Å². The molecule has 0 aliphatic carbocycles. The second-order valence-corrected chi connectivity index (χ2v) is 9.18. The lowest BCUT2D eigenvalue weighted by Gasteiger charge is -2.19. The van der Waals surface area contributed by atoms with Crippen molar-refractivity contribution in [2.45, 2.75) is 29.7 Å². The van der Waals surface area contributed by atoms with E-state index in [1.165, 1.54) is 25.2 Å². The van der Waals surface area contributed by atoms with Crippen molar-refractivity contribution in [3.63, 3.8) is 0 Å². The first-order valence-corrected chi connectivity index (χ1v) is 9.93. The minimum absolute atomic E-state index is 0.0170. The maximum absolute atomic E-state index is 12.4. The molecule has 6 nitrogen and oxygen atoms in total. The van der Waals surface area contributed by atoms with E-state index in [0.29, 0.717) is 0 Å². The van der Waals surface area contributed by atoms with Gasteiger partial charge in [0.1, 0.15) is 9.79 Å². The largest absolute Gasteiger partial charge is 0.377 e. The van der Waals surface area contributed by atoms with Crippen molar-refractivity contribution in [1.82, 2.24) is 4.31 Å². The number of hydrogen-bond donors (Lipinski definition) is 0. The minimum atomic E-state index is -4.15. The molecule has 0 spiro atoms. The van der Waals surface area contributed by atoms with E-state index in [-0.39, 0.29) is 24.2 Å². The van der Waals surface area contributed by atoms with Crippen molar-refractivity contribution in [2.24, 2.45) is 0 Å². The summed E-state index contributed by atoms with van der Waals surface area (Å²) in [5.41, 5.74) is 0. The first-order chi connectivity index (χ1) is 9.56. The number of ether oxygens (including phenoxy) is 1. The number of halogens is 1. The smallest absolute Gasteiger partial charge is 0.262 e. The van der Waals surface area contributed by atoms with E-state index < -0.39 is 24.0 Å². The van der Waals surface area contributed by atoms with Gasteiger partial charge in [-0.05, 0) is 26.0 Å². The molecule has 0 N–H and O–H groups in total. The van der Waals surface area contributed by atoms with Crippen molar-refractivity contribution < 1.29 is 21.6 Å². The van der Waals surface area contributed by atoms with E-state index in [2.05, 4.69) is 0 Å². The van der Waals surface area contributed by atoms with E-state index in [0.717, 1.165) is 10.4 Å². The number of likely N-dealkylation sites (N-methyl/N-ethyl adjacent to an activating group) is 1. The van der Waals surface area contributed by atoms with Crippen molar-refractivity contribution in [1.29, 1.82) is 0 Å². The second kappa shape index (κ2) is 7.06. The maximum Gasteiger partial charge on any atom is 0.262 e. The molecule has 0 saturated heterocycles. The van der Waals surface area contributed by atoms with E-state index in [1.807, 2.05) is 13.8 Å². The van der Waals surface area contributed by atoms with Crippen molar-refractivity contribution >= 4 is 29.8 Å². The van der Waals surface area contributed by atoms with Gasteiger partial charge in [-0.2, -0.15) is 4.31 Å². The minimum Gasteiger partial charge on any atom is -0.377 e. The van der Waals surface area contributed by atoms with Gasteiger partial charge in [0.25, 0.3) is 9.05 Å². The Morgan fingerprint density at radius 3 is 2.14 bits per heavy atom. The molecule has 0 radical (unpaired) electrons. The molecule has 9 heteroatoms. The fourth-order valence-electron chi connectivity index (χ4n) is 1.57. The zero-order chi connectivity index (χ0) is 16.3. The van der Waals surface area contributed by atoms with Gasteiger partial charge >= 0.3 is 0 Å². The van der Waals surface area contributed by atoms with E-state index >= 15 is 0 Å². The van der Waals surface area contributed by atoms with Crippen LogP contribution in [0.25, 0.3) is 0 Å². The summed E-state index contributed by atoms with van der Waals surface area (Å²) < 4.78 is 54.1. The highest BCUT2D eigenvalue weighted by molar-refractivity contribution is 8.14. The third-order valence-electron chi connectivity index (χ3n) is 2.66. The molecule has 0 saturated carbocycles. The average molecular weight is 356 g/mol. The molecule has 0 fully saturated rings. The zero-order valence-corrected chi connectivity index (χ0v) is 14.4. The van der Waals surface area contributed by atoms with Crippen LogP contribution in [-0.2, 0) is 23.8 Å². The highest BCUT2D eigenvalue weighted by Gasteiger charge is 2.28. The Balaban J connectivity index is 3.09. The lowest BCUT2D eigenvalue weighted by atomic mass is 10.4. The summed E-state index contributed by atoms with van der Waals surface area (Å²) in [6.07, 6.45) is -0.0170. The normalized spacial score (nSPS) is 13.0. The Morgan fingerprint density at radius 1 is 1.14 bits per heavy atom. The Hall–Kier alpha value is -0.670. The monoisotopic (exact) mass is 355 g/mol. The van der Waals surface area contributed by atoms with Crippen LogP contribution < -0.4 is 0 Å². The molecule has 1 aromatic rings. The van der Waals surface area contributed by atoms with Crippen LogP contribution in [0.2, 0.25) is 0 Å². The molecule has 21 heavy (non-hydrogen) atoms. The predicted molar refractivity (Wildman–Crippen MR) is 80.4 cm³/mol. The molecular weight excluding hydrogens is 338 g/mol. The third-order valence-corrected chi connectivity index (χ3v) is 6.08. The van der Waals surface area contributed by atoms with Crippen LogP contribution in [0.5, 0.6) is 0 Å². The number of sulfonamides is 1. The Morgan fingerprint density at radius 2 is 1.67 bits per heavy atom. The van der Waals surface area contributed by atoms with Crippen LogP contribution >= 0.6 is 10.7 Å². The lowest BCUT2D eigenvalue weighted by molar-refractivity contribution is 0.0737. The highest BCUT2D eigenvalue weighted by atomic mass is 35.7. The topological polar surface area (TPSA) is 80.8 Å². The summed E-state index contributed by atoms with van der Waals surface area (Å²) in [6, 6.07) is 5.23. The summed E-state index contributed by atoms with van der Waals surface area (Å²) in [5.74, 6) is 0. The molecule has 0 unspecified atom stereocenters. The van der Waals surface area contributed by atoms with Gasteiger partial charge in [0.15, 0.2) is 0 Å². The van der Waals surface area contributed by atoms with Crippen LogP contribution in [0.15, 0.2) is 34.1 Å². The molecule has 0 aromatic heterocycles. The van der Waals surface area contributed by atoms with Gasteiger partial charge in [-0.3, -0.25) is 0 Å². The zero-order valence-electron chi connectivity index (χ0n) is 12.0. The molecule has 1 rings (SSSR count). The lowest BCUT2D eigenvalue weighted by Crippen LogP contribution is -2.31. The average Bonchev–Trinajstić information content (AvgIpc) is 2.37. The van der Waals surface area contributed by atoms with Crippen LogP contribution in [0.3, 0.4) is 0 Å². The maximum atomic E-state index is 12.4. The van der Waals surface area contributed by atoms with Crippen LogP contribution in [0.4, 0.5) is 0 Å². The number of benzene rings is 1. The van der Waals surface area contributed by atoms with Crippen LogP contribution in [0.1, 0.15) is 13.8 Å². The summed E-state index contributed by atoms with van der Waals surface area (Å²) in [6.45, 7) is 3.99. The van der Waals surface area contributed by atoms with Crippen LogP contribution in [0, 0.1) is 0 Å². The summed E-state index contributed by atoms with van der Waals surface area (Å²) in [5, 5.41) is 0. The first-order valence-electron chi connectivity index (χ1n) is 6.18. The number of rotatable bonds is 7. The summed E-state index contributed by atoms with van der Waals surface area (Å²) >= 11 is 0. The molecule has 0 heterocycles. The Labute approximate surface area is 130 Å². The fraction of sp³-hybridized carbons (Fsp3) is 0.500. The predicted octanol–water partition coefficient (Wildman–Crippen LogP) is 1.66. The molecule has 120 valence electrons. The van der Waals surface area contributed by atoms with Gasteiger partial charge in [0, 0.05) is 24.3 Å². The van der Waals surface area contributed by atoms with Gasteiger partial charge < -0.3 is 4.74 Å². The van der Waals surface area contributed by atoms with Crippen molar-refractivity contribution in [3.8, 4) is 0 Å². The standard InChI is InChI=1S/C12H18ClNO5S2/c1-10(2)19-9-8-14(3)21(17,18)12-7-5-4-6-11(12)20(13,15)16/h4-7,10H,8-9H2,1-3H3. The molecule has 0 atom stereocenters. The summed E-state index contributed by atoms with van der Waals surface area (Å²) in [4.78, 5) is -0.768. The molecule has 0 bridgehead atoms. The van der Waals surface area contributed by atoms with E-state index in [4.69, 9.17) is 15.4 Å². The van der Waals surface area contributed by atoms with Crippen LogP contribution in [-0.4, -0.2) is 47.4 Å². The van der Waals surface area contributed by atoms with Gasteiger partial charge in [-0.15, -0.1) is 0 Å². The van der Waals surface area contributed by atoms with Crippen molar-refractivity contribution in [3.05, 3.63) is 24.3 Å². The Kier molecular flexibility index (Phi) is 6.18. The van der Waals surface area contributed by atoms with Gasteiger partial charge in [0.2, 0.25) is 10.0 Å². The molecule has 0 aliphatic heterocycles. The SMILES string of the molecule is CC(C)OCCN(C)S(=O)(=O)c1ccccc1S(=O)(=O)Cl.